The molecule has 18 heavy (non-hydrogen) atoms. The molecule has 0 saturated carbocycles. The van der Waals surface area contributed by atoms with Crippen molar-refractivity contribution < 1.29 is 9.90 Å². The predicted molar refractivity (Wildman–Crippen MR) is 66.8 cm³/mol. The molecule has 0 spiro atoms. The number of anilines is 1. The molecule has 2 N–H and O–H groups in total. The van der Waals surface area contributed by atoms with E-state index in [9.17, 15) is 9.90 Å². The number of carboxylic acid groups (broad SMARTS) is 1. The average molecular weight is 246 g/mol. The molecule has 3 heterocycles. The second-order valence-electron chi connectivity index (χ2n) is 4.29. The van der Waals surface area contributed by atoms with Crippen LogP contribution in [0.1, 0.15) is 0 Å². The molecule has 1 fully saturated rings. The summed E-state index contributed by atoms with van der Waals surface area (Å²) in [6, 6.07) is 5.20. The van der Waals surface area contributed by atoms with E-state index < -0.39 is 12.0 Å². The van der Waals surface area contributed by atoms with E-state index in [1.54, 1.807) is 6.20 Å². The summed E-state index contributed by atoms with van der Waals surface area (Å²) in [4.78, 5) is 17.4. The molecule has 3 rings (SSSR count). The number of aromatic nitrogens is 2. The van der Waals surface area contributed by atoms with Crippen LogP contribution in [0.3, 0.4) is 0 Å². The van der Waals surface area contributed by atoms with E-state index in [-0.39, 0.29) is 0 Å². The third-order valence-corrected chi connectivity index (χ3v) is 3.23. The summed E-state index contributed by atoms with van der Waals surface area (Å²) in [5, 5.41) is 12.4. The van der Waals surface area contributed by atoms with Crippen LogP contribution in [0, 0.1) is 0 Å². The number of pyridine rings is 1. The maximum absolute atomic E-state index is 11.3. The number of imidazole rings is 1. The van der Waals surface area contributed by atoms with Gasteiger partial charge in [-0.3, -0.25) is 4.40 Å². The molecular formula is C12H14N4O2. The molecule has 6 nitrogen and oxygen atoms in total. The first-order valence-corrected chi connectivity index (χ1v) is 5.89. The van der Waals surface area contributed by atoms with Crippen molar-refractivity contribution in [2.24, 2.45) is 0 Å². The monoisotopic (exact) mass is 246 g/mol. The van der Waals surface area contributed by atoms with E-state index in [0.717, 1.165) is 18.0 Å². The van der Waals surface area contributed by atoms with Gasteiger partial charge in [0.05, 0.1) is 0 Å². The van der Waals surface area contributed by atoms with Crippen molar-refractivity contribution in [1.82, 2.24) is 14.7 Å². The topological polar surface area (TPSA) is 69.9 Å². The van der Waals surface area contributed by atoms with E-state index in [2.05, 4.69) is 10.3 Å². The van der Waals surface area contributed by atoms with E-state index in [1.807, 2.05) is 33.7 Å². The summed E-state index contributed by atoms with van der Waals surface area (Å²) < 4.78 is 1.92. The minimum Gasteiger partial charge on any atom is -0.480 e. The second-order valence-corrected chi connectivity index (χ2v) is 4.29. The number of hydrogen-bond donors (Lipinski definition) is 2. The number of hydrogen-bond acceptors (Lipinski definition) is 4. The molecule has 0 aliphatic carbocycles. The SMILES string of the molecule is O=C(O)C1CNCCN1c1cccc2nccn12. The maximum Gasteiger partial charge on any atom is 0.327 e. The molecule has 2 aromatic heterocycles. The Kier molecular flexibility index (Phi) is 2.64. The lowest BCUT2D eigenvalue weighted by Crippen LogP contribution is -2.55. The van der Waals surface area contributed by atoms with Crippen molar-refractivity contribution in [3.63, 3.8) is 0 Å². The third-order valence-electron chi connectivity index (χ3n) is 3.23. The summed E-state index contributed by atoms with van der Waals surface area (Å²) in [6.45, 7) is 1.92. The molecule has 1 saturated heterocycles. The number of nitrogens with zero attached hydrogens (tertiary/aromatic N) is 3. The van der Waals surface area contributed by atoms with Gasteiger partial charge in [-0.1, -0.05) is 6.07 Å². The van der Waals surface area contributed by atoms with E-state index in [1.165, 1.54) is 0 Å². The number of aliphatic carboxylic acids is 1. The molecule has 94 valence electrons. The molecule has 0 radical (unpaired) electrons. The van der Waals surface area contributed by atoms with Gasteiger partial charge in [0.1, 0.15) is 17.5 Å². The summed E-state index contributed by atoms with van der Waals surface area (Å²) in [5.74, 6) is 0.0678. The Morgan fingerprint density at radius 3 is 3.22 bits per heavy atom. The molecule has 1 unspecified atom stereocenters. The normalized spacial score (nSPS) is 20.2. The Morgan fingerprint density at radius 1 is 1.50 bits per heavy atom. The van der Waals surface area contributed by atoms with Gasteiger partial charge in [-0.05, 0) is 12.1 Å². The Balaban J connectivity index is 2.06. The van der Waals surface area contributed by atoms with Crippen LogP contribution in [-0.4, -0.2) is 46.1 Å². The van der Waals surface area contributed by atoms with Gasteiger partial charge in [-0.25, -0.2) is 9.78 Å². The van der Waals surface area contributed by atoms with Crippen LogP contribution in [0.4, 0.5) is 5.82 Å². The maximum atomic E-state index is 11.3. The lowest BCUT2D eigenvalue weighted by atomic mass is 10.2. The van der Waals surface area contributed by atoms with Crippen molar-refractivity contribution in [2.75, 3.05) is 24.5 Å². The van der Waals surface area contributed by atoms with Gasteiger partial charge in [0.15, 0.2) is 0 Å². The first-order valence-electron chi connectivity index (χ1n) is 5.89. The lowest BCUT2D eigenvalue weighted by Gasteiger charge is -2.35. The molecule has 0 aromatic carbocycles. The van der Waals surface area contributed by atoms with E-state index >= 15 is 0 Å². The number of nitrogens with one attached hydrogen (secondary N) is 1. The fourth-order valence-electron chi connectivity index (χ4n) is 2.37. The zero-order chi connectivity index (χ0) is 12.5. The summed E-state index contributed by atoms with van der Waals surface area (Å²) in [5.41, 5.74) is 0.829. The Morgan fingerprint density at radius 2 is 2.39 bits per heavy atom. The standard InChI is InChI=1S/C12H14N4O2/c17-12(18)9-8-13-4-6-15(9)11-3-1-2-10-14-5-7-16(10)11/h1-3,5,7,9,13H,4,6,8H2,(H,17,18). The predicted octanol–water partition coefficient (Wildman–Crippen LogP) is 0.197. The molecule has 1 atom stereocenters. The first kappa shape index (κ1) is 11.0. The third kappa shape index (κ3) is 1.70. The van der Waals surface area contributed by atoms with Gasteiger partial charge in [0.2, 0.25) is 0 Å². The fourth-order valence-corrected chi connectivity index (χ4v) is 2.37. The van der Waals surface area contributed by atoms with Crippen LogP contribution >= 0.6 is 0 Å². The summed E-state index contributed by atoms with van der Waals surface area (Å²) >= 11 is 0. The van der Waals surface area contributed by atoms with Gasteiger partial charge in [0.25, 0.3) is 0 Å². The molecule has 2 aromatic rings. The molecule has 0 amide bonds. The van der Waals surface area contributed by atoms with Crippen molar-refractivity contribution >= 4 is 17.4 Å². The number of carboxylic acids is 1. The highest BCUT2D eigenvalue weighted by Gasteiger charge is 2.29. The van der Waals surface area contributed by atoms with Crippen LogP contribution in [-0.2, 0) is 4.79 Å². The Bertz CT molecular complexity index is 580. The van der Waals surface area contributed by atoms with Gasteiger partial charge < -0.3 is 15.3 Å². The smallest absolute Gasteiger partial charge is 0.327 e. The summed E-state index contributed by atoms with van der Waals surface area (Å²) in [7, 11) is 0. The second kappa shape index (κ2) is 4.30. The lowest BCUT2D eigenvalue weighted by molar-refractivity contribution is -0.138. The average Bonchev–Trinajstić information content (AvgIpc) is 2.86. The highest BCUT2D eigenvalue weighted by molar-refractivity contribution is 5.78. The largest absolute Gasteiger partial charge is 0.480 e. The molecule has 1 aliphatic rings. The molecule has 1 aliphatic heterocycles. The number of carbonyl (C=O) groups is 1. The summed E-state index contributed by atoms with van der Waals surface area (Å²) in [6.07, 6.45) is 3.57. The van der Waals surface area contributed by atoms with Crippen LogP contribution in [0.15, 0.2) is 30.6 Å². The fraction of sp³-hybridized carbons (Fsp3) is 0.333. The van der Waals surface area contributed by atoms with Crippen LogP contribution in [0.2, 0.25) is 0 Å². The quantitative estimate of drug-likeness (QED) is 0.792. The Labute approximate surface area is 104 Å². The van der Waals surface area contributed by atoms with Gasteiger partial charge in [0, 0.05) is 32.0 Å². The number of rotatable bonds is 2. The van der Waals surface area contributed by atoms with Crippen molar-refractivity contribution in [1.29, 1.82) is 0 Å². The van der Waals surface area contributed by atoms with Crippen LogP contribution < -0.4 is 10.2 Å². The highest BCUT2D eigenvalue weighted by Crippen LogP contribution is 2.20. The van der Waals surface area contributed by atoms with Gasteiger partial charge in [-0.2, -0.15) is 0 Å². The number of piperazine rings is 1. The molecule has 6 heteroatoms. The Hall–Kier alpha value is -2.08. The van der Waals surface area contributed by atoms with Gasteiger partial charge in [-0.15, -0.1) is 0 Å². The van der Waals surface area contributed by atoms with E-state index in [0.29, 0.717) is 13.1 Å². The minimum atomic E-state index is -0.806. The molecule has 0 bridgehead atoms. The van der Waals surface area contributed by atoms with Crippen molar-refractivity contribution in [3.05, 3.63) is 30.6 Å². The zero-order valence-corrected chi connectivity index (χ0v) is 9.78. The van der Waals surface area contributed by atoms with Crippen molar-refractivity contribution in [3.8, 4) is 0 Å². The highest BCUT2D eigenvalue weighted by atomic mass is 16.4. The zero-order valence-electron chi connectivity index (χ0n) is 9.78. The van der Waals surface area contributed by atoms with E-state index in [4.69, 9.17) is 0 Å². The van der Waals surface area contributed by atoms with Crippen molar-refractivity contribution in [2.45, 2.75) is 6.04 Å². The molecular weight excluding hydrogens is 232 g/mol. The van der Waals surface area contributed by atoms with Gasteiger partial charge >= 0.3 is 5.97 Å². The number of fused-ring (bicyclic) bond motifs is 1. The van der Waals surface area contributed by atoms with Crippen LogP contribution in [0.5, 0.6) is 0 Å². The van der Waals surface area contributed by atoms with Crippen LogP contribution in [0.25, 0.3) is 5.65 Å². The first-order chi connectivity index (χ1) is 8.77. The minimum absolute atomic E-state index is 0.459.